The van der Waals surface area contributed by atoms with Crippen LogP contribution in [0.3, 0.4) is 0 Å². The second kappa shape index (κ2) is 4.23. The molecule has 1 heterocycles. The number of aromatic carboxylic acids is 1. The summed E-state index contributed by atoms with van der Waals surface area (Å²) in [6.07, 6.45) is 3.11. The van der Waals surface area contributed by atoms with Crippen LogP contribution in [0.1, 0.15) is 10.4 Å². The Balaban J connectivity index is 0.000000980. The molecule has 0 spiro atoms. The van der Waals surface area contributed by atoms with Gasteiger partial charge in [-0.15, -0.1) is 0 Å². The number of carboxylic acids is 1. The molecule has 0 aliphatic heterocycles. The standard InChI is InChI=1S/C9H6N2O2.Li.H/c12-9(13)6-1-2-7-8(5-6)11-4-3-10-7;;/h1-5H,(H,12,13);;. The Bertz CT molecular complexity index is 473. The summed E-state index contributed by atoms with van der Waals surface area (Å²) in [5, 5.41) is 8.70. The third-order valence-corrected chi connectivity index (χ3v) is 1.72. The summed E-state index contributed by atoms with van der Waals surface area (Å²) in [5.41, 5.74) is 1.53. The number of carboxylic acid groups (broad SMARTS) is 1. The normalized spacial score (nSPS) is 9.43. The van der Waals surface area contributed by atoms with Crippen molar-refractivity contribution in [2.24, 2.45) is 0 Å². The molecule has 14 heavy (non-hydrogen) atoms. The van der Waals surface area contributed by atoms with E-state index in [1.807, 2.05) is 0 Å². The van der Waals surface area contributed by atoms with E-state index in [1.165, 1.54) is 18.3 Å². The molecule has 0 aliphatic rings. The van der Waals surface area contributed by atoms with E-state index in [0.29, 0.717) is 11.0 Å². The van der Waals surface area contributed by atoms with Gasteiger partial charge in [0, 0.05) is 12.4 Å². The summed E-state index contributed by atoms with van der Waals surface area (Å²) in [6, 6.07) is 4.66. The van der Waals surface area contributed by atoms with Gasteiger partial charge in [-0.25, -0.2) is 4.79 Å². The molecule has 0 amide bonds. The zero-order chi connectivity index (χ0) is 9.26. The molecule has 0 bridgehead atoms. The number of aromatic nitrogens is 2. The SMILES string of the molecule is O=C(O)c1ccc2nccnc2c1.[LiH]. The Morgan fingerprint density at radius 3 is 2.43 bits per heavy atom. The van der Waals surface area contributed by atoms with Crippen LogP contribution in [-0.4, -0.2) is 39.9 Å². The monoisotopic (exact) mass is 182 g/mol. The zero-order valence-electron chi connectivity index (χ0n) is 6.64. The van der Waals surface area contributed by atoms with E-state index in [-0.39, 0.29) is 24.4 Å². The van der Waals surface area contributed by atoms with Crippen molar-refractivity contribution in [3.8, 4) is 0 Å². The van der Waals surface area contributed by atoms with Gasteiger partial charge in [0.05, 0.1) is 16.6 Å². The third-order valence-electron chi connectivity index (χ3n) is 1.72. The van der Waals surface area contributed by atoms with E-state index in [1.54, 1.807) is 12.3 Å². The number of nitrogens with zero attached hydrogens (tertiary/aromatic N) is 2. The molecule has 4 nitrogen and oxygen atoms in total. The van der Waals surface area contributed by atoms with Crippen LogP contribution in [0.15, 0.2) is 30.6 Å². The van der Waals surface area contributed by atoms with Crippen molar-refractivity contribution in [3.63, 3.8) is 0 Å². The van der Waals surface area contributed by atoms with Crippen molar-refractivity contribution in [1.29, 1.82) is 0 Å². The van der Waals surface area contributed by atoms with Gasteiger partial charge in [-0.05, 0) is 18.2 Å². The predicted octanol–water partition coefficient (Wildman–Crippen LogP) is 0.679. The van der Waals surface area contributed by atoms with E-state index in [9.17, 15) is 4.79 Å². The van der Waals surface area contributed by atoms with Gasteiger partial charge in [-0.3, -0.25) is 9.97 Å². The molecular formula is C9H7LiN2O2. The Kier molecular flexibility index (Phi) is 3.23. The molecule has 5 heteroatoms. The van der Waals surface area contributed by atoms with E-state index < -0.39 is 5.97 Å². The molecule has 0 aliphatic carbocycles. The Labute approximate surface area is 92.2 Å². The Morgan fingerprint density at radius 1 is 1.14 bits per heavy atom. The minimum absolute atomic E-state index is 0. The quantitative estimate of drug-likeness (QED) is 0.658. The van der Waals surface area contributed by atoms with Crippen LogP contribution in [-0.2, 0) is 0 Å². The van der Waals surface area contributed by atoms with Crippen LogP contribution >= 0.6 is 0 Å². The molecule has 0 saturated heterocycles. The maximum absolute atomic E-state index is 10.6. The van der Waals surface area contributed by atoms with Gasteiger partial charge in [0.2, 0.25) is 0 Å². The number of hydrogen-bond donors (Lipinski definition) is 1. The first-order valence-electron chi connectivity index (χ1n) is 3.71. The van der Waals surface area contributed by atoms with Gasteiger partial charge in [-0.2, -0.15) is 0 Å². The molecule has 66 valence electrons. The van der Waals surface area contributed by atoms with Crippen molar-refractivity contribution in [2.75, 3.05) is 0 Å². The molecule has 2 rings (SSSR count). The first-order chi connectivity index (χ1) is 6.27. The molecule has 0 atom stereocenters. The Hall–Kier alpha value is -1.37. The van der Waals surface area contributed by atoms with Crippen LogP contribution in [0.2, 0.25) is 0 Å². The molecule has 1 aromatic heterocycles. The summed E-state index contributed by atoms with van der Waals surface area (Å²) >= 11 is 0. The fourth-order valence-corrected chi connectivity index (χ4v) is 1.10. The number of fused-ring (bicyclic) bond motifs is 1. The zero-order valence-corrected chi connectivity index (χ0v) is 6.64. The van der Waals surface area contributed by atoms with Gasteiger partial charge in [0.1, 0.15) is 0 Å². The van der Waals surface area contributed by atoms with Gasteiger partial charge in [0.25, 0.3) is 0 Å². The van der Waals surface area contributed by atoms with Gasteiger partial charge in [-0.1, -0.05) is 0 Å². The number of hydrogen-bond acceptors (Lipinski definition) is 3. The second-order valence-electron chi connectivity index (χ2n) is 2.56. The van der Waals surface area contributed by atoms with Gasteiger partial charge >= 0.3 is 24.8 Å². The van der Waals surface area contributed by atoms with Crippen molar-refractivity contribution in [1.82, 2.24) is 9.97 Å². The summed E-state index contributed by atoms with van der Waals surface area (Å²) in [5.74, 6) is -0.951. The molecule has 1 N–H and O–H groups in total. The molecule has 0 unspecified atom stereocenters. The Morgan fingerprint density at radius 2 is 1.79 bits per heavy atom. The molecule has 0 fully saturated rings. The van der Waals surface area contributed by atoms with E-state index in [2.05, 4.69) is 9.97 Å². The molecule has 2 aromatic rings. The molecular weight excluding hydrogens is 175 g/mol. The fourth-order valence-electron chi connectivity index (χ4n) is 1.10. The summed E-state index contributed by atoms with van der Waals surface area (Å²) in [4.78, 5) is 18.6. The number of carbonyl (C=O) groups is 1. The minimum atomic E-state index is -0.951. The van der Waals surface area contributed by atoms with E-state index >= 15 is 0 Å². The van der Waals surface area contributed by atoms with Gasteiger partial charge in [0.15, 0.2) is 0 Å². The average molecular weight is 182 g/mol. The predicted molar refractivity (Wildman–Crippen MR) is 53.6 cm³/mol. The fraction of sp³-hybridized carbons (Fsp3) is 0. The maximum atomic E-state index is 10.6. The van der Waals surface area contributed by atoms with Crippen molar-refractivity contribution < 1.29 is 9.90 Å². The summed E-state index contributed by atoms with van der Waals surface area (Å²) in [7, 11) is 0. The topological polar surface area (TPSA) is 63.1 Å². The van der Waals surface area contributed by atoms with Crippen LogP contribution < -0.4 is 0 Å². The number of rotatable bonds is 1. The third kappa shape index (κ3) is 1.92. The van der Waals surface area contributed by atoms with Crippen LogP contribution in [0.25, 0.3) is 11.0 Å². The molecule has 0 radical (unpaired) electrons. The number of benzene rings is 1. The molecule has 0 saturated carbocycles. The average Bonchev–Trinajstić information content (AvgIpc) is 2.17. The summed E-state index contributed by atoms with van der Waals surface area (Å²) < 4.78 is 0. The van der Waals surface area contributed by atoms with Crippen molar-refractivity contribution in [3.05, 3.63) is 36.2 Å². The molecule has 1 aromatic carbocycles. The van der Waals surface area contributed by atoms with Crippen LogP contribution in [0.5, 0.6) is 0 Å². The first-order valence-corrected chi connectivity index (χ1v) is 3.71. The van der Waals surface area contributed by atoms with Crippen molar-refractivity contribution in [2.45, 2.75) is 0 Å². The van der Waals surface area contributed by atoms with Gasteiger partial charge < -0.3 is 5.11 Å². The second-order valence-corrected chi connectivity index (χ2v) is 2.56. The van der Waals surface area contributed by atoms with Crippen molar-refractivity contribution >= 4 is 35.9 Å². The van der Waals surface area contributed by atoms with E-state index in [4.69, 9.17) is 5.11 Å². The van der Waals surface area contributed by atoms with Crippen LogP contribution in [0, 0.1) is 0 Å². The summed E-state index contributed by atoms with van der Waals surface area (Å²) in [6.45, 7) is 0. The van der Waals surface area contributed by atoms with E-state index in [0.717, 1.165) is 0 Å². The first kappa shape index (κ1) is 10.7. The van der Waals surface area contributed by atoms with Crippen LogP contribution in [0.4, 0.5) is 0 Å².